The second kappa shape index (κ2) is 9.37. The fraction of sp³-hybridized carbons (Fsp3) is 0.300. The lowest BCUT2D eigenvalue weighted by Gasteiger charge is -2.16. The molecule has 25 heavy (non-hydrogen) atoms. The van der Waals surface area contributed by atoms with E-state index in [0.29, 0.717) is 24.3 Å². The zero-order chi connectivity index (χ0) is 18.2. The normalized spacial score (nSPS) is 10.6. The molecule has 0 unspecified atom stereocenters. The Kier molecular flexibility index (Phi) is 7.19. The van der Waals surface area contributed by atoms with Gasteiger partial charge in [-0.05, 0) is 49.2 Å². The van der Waals surface area contributed by atoms with Gasteiger partial charge in [0.1, 0.15) is 0 Å². The fourth-order valence-corrected chi connectivity index (χ4v) is 3.25. The van der Waals surface area contributed by atoms with Crippen LogP contribution >= 0.6 is 15.9 Å². The van der Waals surface area contributed by atoms with Gasteiger partial charge in [0, 0.05) is 11.2 Å². The standard InChI is InChI=1S/C20H21BrO4/c1-3-24-19(22)16-9-5-14(6-10-16)18(13-21)15-7-11-17(12-8-15)20(23)25-4-2/h5-12,18H,3-4,13H2,1-2H3. The van der Waals surface area contributed by atoms with Gasteiger partial charge in [0.2, 0.25) is 0 Å². The van der Waals surface area contributed by atoms with Gasteiger partial charge in [-0.15, -0.1) is 0 Å². The third-order valence-electron chi connectivity index (χ3n) is 3.80. The van der Waals surface area contributed by atoms with Crippen LogP contribution in [0.15, 0.2) is 48.5 Å². The Morgan fingerprint density at radius 3 is 1.44 bits per heavy atom. The van der Waals surface area contributed by atoms with Crippen LogP contribution in [0.4, 0.5) is 0 Å². The molecule has 0 radical (unpaired) electrons. The Morgan fingerprint density at radius 2 is 1.16 bits per heavy atom. The maximum absolute atomic E-state index is 11.7. The zero-order valence-electron chi connectivity index (χ0n) is 14.3. The average Bonchev–Trinajstić information content (AvgIpc) is 2.64. The lowest BCUT2D eigenvalue weighted by atomic mass is 9.92. The minimum Gasteiger partial charge on any atom is -0.462 e. The molecule has 2 aromatic carbocycles. The van der Waals surface area contributed by atoms with Gasteiger partial charge < -0.3 is 9.47 Å². The summed E-state index contributed by atoms with van der Waals surface area (Å²) in [5.41, 5.74) is 3.23. The minimum absolute atomic E-state index is 0.118. The SMILES string of the molecule is CCOC(=O)c1ccc(C(CBr)c2ccc(C(=O)OCC)cc2)cc1. The maximum atomic E-state index is 11.7. The van der Waals surface area contributed by atoms with Crippen molar-refractivity contribution in [2.75, 3.05) is 18.5 Å². The van der Waals surface area contributed by atoms with Crippen molar-refractivity contribution in [1.29, 1.82) is 0 Å². The van der Waals surface area contributed by atoms with E-state index >= 15 is 0 Å². The molecule has 4 nitrogen and oxygen atoms in total. The molecule has 0 aliphatic carbocycles. The van der Waals surface area contributed by atoms with E-state index in [2.05, 4.69) is 15.9 Å². The monoisotopic (exact) mass is 404 g/mol. The van der Waals surface area contributed by atoms with Crippen molar-refractivity contribution in [3.05, 3.63) is 70.8 Å². The summed E-state index contributed by atoms with van der Waals surface area (Å²) >= 11 is 3.55. The molecule has 0 atom stereocenters. The summed E-state index contributed by atoms with van der Waals surface area (Å²) in [5.74, 6) is -0.515. The molecule has 132 valence electrons. The van der Waals surface area contributed by atoms with E-state index in [4.69, 9.17) is 9.47 Å². The van der Waals surface area contributed by atoms with Gasteiger partial charge in [-0.1, -0.05) is 40.2 Å². The molecular weight excluding hydrogens is 384 g/mol. The molecule has 0 amide bonds. The van der Waals surface area contributed by atoms with Gasteiger partial charge in [0.05, 0.1) is 24.3 Å². The van der Waals surface area contributed by atoms with Crippen molar-refractivity contribution < 1.29 is 19.1 Å². The van der Waals surface area contributed by atoms with Gasteiger partial charge in [0.25, 0.3) is 0 Å². The number of ether oxygens (including phenoxy) is 2. The number of esters is 2. The largest absolute Gasteiger partial charge is 0.462 e. The summed E-state index contributed by atoms with van der Waals surface area (Å²) in [7, 11) is 0. The summed E-state index contributed by atoms with van der Waals surface area (Å²) in [5, 5.41) is 0.727. The van der Waals surface area contributed by atoms with Crippen LogP contribution in [0.3, 0.4) is 0 Å². The summed E-state index contributed by atoms with van der Waals surface area (Å²) in [6, 6.07) is 14.8. The van der Waals surface area contributed by atoms with E-state index in [1.165, 1.54) is 0 Å². The van der Waals surface area contributed by atoms with Gasteiger partial charge in [-0.2, -0.15) is 0 Å². The Morgan fingerprint density at radius 1 is 0.800 bits per heavy atom. The van der Waals surface area contributed by atoms with Crippen molar-refractivity contribution in [3.63, 3.8) is 0 Å². The molecule has 0 heterocycles. The van der Waals surface area contributed by atoms with Crippen molar-refractivity contribution in [3.8, 4) is 0 Å². The number of hydrogen-bond donors (Lipinski definition) is 0. The third-order valence-corrected chi connectivity index (χ3v) is 4.45. The summed E-state index contributed by atoms with van der Waals surface area (Å²) in [4.78, 5) is 23.5. The molecule has 0 aromatic heterocycles. The topological polar surface area (TPSA) is 52.6 Å². The average molecular weight is 405 g/mol. The molecule has 2 aromatic rings. The molecule has 0 saturated heterocycles. The Labute approximate surface area is 156 Å². The molecule has 0 aliphatic rings. The van der Waals surface area contributed by atoms with Crippen molar-refractivity contribution in [2.24, 2.45) is 0 Å². The highest BCUT2D eigenvalue weighted by atomic mass is 79.9. The highest BCUT2D eigenvalue weighted by Gasteiger charge is 2.15. The van der Waals surface area contributed by atoms with E-state index in [0.717, 1.165) is 16.5 Å². The van der Waals surface area contributed by atoms with Crippen LogP contribution < -0.4 is 0 Å². The first-order chi connectivity index (χ1) is 12.1. The van der Waals surface area contributed by atoms with Crippen LogP contribution in [0, 0.1) is 0 Å². The molecule has 5 heteroatoms. The van der Waals surface area contributed by atoms with E-state index in [1.807, 2.05) is 24.3 Å². The predicted molar refractivity (Wildman–Crippen MR) is 100 cm³/mol. The van der Waals surface area contributed by atoms with Crippen LogP contribution in [-0.2, 0) is 9.47 Å². The number of hydrogen-bond acceptors (Lipinski definition) is 4. The second-order valence-electron chi connectivity index (χ2n) is 5.39. The number of benzene rings is 2. The maximum Gasteiger partial charge on any atom is 0.338 e. The second-order valence-corrected chi connectivity index (χ2v) is 6.04. The molecule has 2 rings (SSSR count). The van der Waals surface area contributed by atoms with Crippen LogP contribution in [0.2, 0.25) is 0 Å². The predicted octanol–water partition coefficient (Wildman–Crippen LogP) is 4.57. The smallest absolute Gasteiger partial charge is 0.338 e. The lowest BCUT2D eigenvalue weighted by Crippen LogP contribution is -2.08. The Balaban J connectivity index is 2.19. The number of halogens is 1. The number of rotatable bonds is 7. The molecule has 0 bridgehead atoms. The fourth-order valence-electron chi connectivity index (χ4n) is 2.50. The first kappa shape index (κ1) is 19.2. The van der Waals surface area contributed by atoms with Crippen LogP contribution in [0.1, 0.15) is 51.6 Å². The highest BCUT2D eigenvalue weighted by molar-refractivity contribution is 9.09. The molecule has 0 fully saturated rings. The first-order valence-electron chi connectivity index (χ1n) is 8.20. The zero-order valence-corrected chi connectivity index (χ0v) is 15.9. The van der Waals surface area contributed by atoms with Crippen LogP contribution in [0.5, 0.6) is 0 Å². The molecule has 0 spiro atoms. The van der Waals surface area contributed by atoms with Gasteiger partial charge in [0.15, 0.2) is 0 Å². The summed E-state index contributed by atoms with van der Waals surface area (Å²) in [6.45, 7) is 4.29. The molecular formula is C20H21BrO4. The Bertz CT molecular complexity index is 646. The minimum atomic E-state index is -0.316. The number of alkyl halides is 1. The van der Waals surface area contributed by atoms with E-state index in [9.17, 15) is 9.59 Å². The lowest BCUT2D eigenvalue weighted by molar-refractivity contribution is 0.0517. The van der Waals surface area contributed by atoms with Crippen LogP contribution in [0.25, 0.3) is 0 Å². The highest BCUT2D eigenvalue weighted by Crippen LogP contribution is 2.27. The van der Waals surface area contributed by atoms with E-state index < -0.39 is 0 Å². The molecule has 0 N–H and O–H groups in total. The van der Waals surface area contributed by atoms with Crippen molar-refractivity contribution in [1.82, 2.24) is 0 Å². The quantitative estimate of drug-likeness (QED) is 0.500. The van der Waals surface area contributed by atoms with Crippen molar-refractivity contribution >= 4 is 27.9 Å². The number of carbonyl (C=O) groups is 2. The van der Waals surface area contributed by atoms with E-state index in [1.54, 1.807) is 38.1 Å². The van der Waals surface area contributed by atoms with Gasteiger partial charge >= 0.3 is 11.9 Å². The van der Waals surface area contributed by atoms with Crippen LogP contribution in [-0.4, -0.2) is 30.5 Å². The first-order valence-corrected chi connectivity index (χ1v) is 9.33. The van der Waals surface area contributed by atoms with Crippen molar-refractivity contribution in [2.45, 2.75) is 19.8 Å². The molecule has 0 aliphatic heterocycles. The van der Waals surface area contributed by atoms with Gasteiger partial charge in [-0.25, -0.2) is 9.59 Å². The third kappa shape index (κ3) is 4.92. The number of carbonyl (C=O) groups excluding carboxylic acids is 2. The molecule has 0 saturated carbocycles. The summed E-state index contributed by atoms with van der Waals surface area (Å²) < 4.78 is 10.0. The Hall–Kier alpha value is -2.14. The van der Waals surface area contributed by atoms with E-state index in [-0.39, 0.29) is 17.9 Å². The van der Waals surface area contributed by atoms with Gasteiger partial charge in [-0.3, -0.25) is 0 Å². The summed E-state index contributed by atoms with van der Waals surface area (Å²) in [6.07, 6.45) is 0.